The molecule has 0 saturated carbocycles. The van der Waals surface area contributed by atoms with E-state index in [0.29, 0.717) is 0 Å². The molecule has 22 heavy (non-hydrogen) atoms. The molecule has 0 bridgehead atoms. The molecule has 0 aliphatic rings. The van der Waals surface area contributed by atoms with E-state index in [1.54, 1.807) is 6.20 Å². The van der Waals surface area contributed by atoms with Crippen molar-refractivity contribution in [1.82, 2.24) is 10.1 Å². The summed E-state index contributed by atoms with van der Waals surface area (Å²) < 4.78 is 5.23. The van der Waals surface area contributed by atoms with E-state index >= 15 is 0 Å². The first-order valence-corrected chi connectivity index (χ1v) is 7.46. The minimum Gasteiger partial charge on any atom is -0.397 e. The summed E-state index contributed by atoms with van der Waals surface area (Å²) in [5, 5.41) is 3.76. The molecule has 2 aromatic heterocycles. The lowest BCUT2D eigenvalue weighted by molar-refractivity contribution is 0.432. The number of rotatable bonds is 4. The Labute approximate surface area is 130 Å². The van der Waals surface area contributed by atoms with E-state index in [0.717, 1.165) is 52.4 Å². The molecule has 0 aliphatic heterocycles. The lowest BCUT2D eigenvalue weighted by Gasteiger charge is -2.11. The van der Waals surface area contributed by atoms with Crippen LogP contribution in [0.4, 0.5) is 5.69 Å². The van der Waals surface area contributed by atoms with Crippen LogP contribution in [0.15, 0.2) is 47.1 Å². The molecular weight excluding hydrogens is 274 g/mol. The molecule has 0 aliphatic carbocycles. The first-order chi connectivity index (χ1) is 10.7. The number of nitrogens with two attached hydrogens (primary N) is 1. The number of aromatic nitrogens is 2. The Morgan fingerprint density at radius 3 is 2.68 bits per heavy atom. The molecule has 0 spiro atoms. The summed E-state index contributed by atoms with van der Waals surface area (Å²) in [6.45, 7) is 4.11. The van der Waals surface area contributed by atoms with Gasteiger partial charge in [0.25, 0.3) is 0 Å². The summed E-state index contributed by atoms with van der Waals surface area (Å²) in [6, 6.07) is 12.1. The smallest absolute Gasteiger partial charge is 0.166 e. The van der Waals surface area contributed by atoms with Crippen molar-refractivity contribution in [3.05, 3.63) is 53.9 Å². The monoisotopic (exact) mass is 293 g/mol. The van der Waals surface area contributed by atoms with Gasteiger partial charge in [0.15, 0.2) is 5.76 Å². The molecule has 0 unspecified atom stereocenters. The molecule has 0 atom stereocenters. The first kappa shape index (κ1) is 14.3. The van der Waals surface area contributed by atoms with Crippen LogP contribution in [0.5, 0.6) is 0 Å². The third kappa shape index (κ3) is 2.72. The van der Waals surface area contributed by atoms with Crippen LogP contribution < -0.4 is 5.73 Å². The van der Waals surface area contributed by atoms with E-state index in [1.165, 1.54) is 0 Å². The van der Waals surface area contributed by atoms with Gasteiger partial charge in [-0.05, 0) is 31.0 Å². The van der Waals surface area contributed by atoms with Gasteiger partial charge in [-0.3, -0.25) is 4.98 Å². The van der Waals surface area contributed by atoms with E-state index < -0.39 is 0 Å². The van der Waals surface area contributed by atoms with Gasteiger partial charge in [-0.1, -0.05) is 36.7 Å². The van der Waals surface area contributed by atoms with Gasteiger partial charge in [-0.25, -0.2) is 0 Å². The molecule has 0 radical (unpaired) electrons. The summed E-state index contributed by atoms with van der Waals surface area (Å²) in [5.74, 6) is 0.753. The highest BCUT2D eigenvalue weighted by molar-refractivity contribution is 5.70. The van der Waals surface area contributed by atoms with Crippen molar-refractivity contribution in [3.63, 3.8) is 0 Å². The molecule has 3 rings (SSSR count). The molecule has 112 valence electrons. The molecular formula is C18H19N3O. The van der Waals surface area contributed by atoms with Gasteiger partial charge in [0.05, 0.1) is 23.3 Å². The van der Waals surface area contributed by atoms with Crippen molar-refractivity contribution in [2.24, 2.45) is 0 Å². The van der Waals surface area contributed by atoms with Crippen molar-refractivity contribution in [3.8, 4) is 22.6 Å². The second-order valence-corrected chi connectivity index (χ2v) is 5.37. The molecule has 2 heterocycles. The van der Waals surface area contributed by atoms with Crippen molar-refractivity contribution in [2.45, 2.75) is 26.7 Å². The summed E-state index contributed by atoms with van der Waals surface area (Å²) >= 11 is 0. The normalized spacial score (nSPS) is 10.8. The topological polar surface area (TPSA) is 64.9 Å². The van der Waals surface area contributed by atoms with Crippen LogP contribution in [-0.2, 0) is 6.42 Å². The van der Waals surface area contributed by atoms with Crippen LogP contribution in [0.25, 0.3) is 22.6 Å². The van der Waals surface area contributed by atoms with Crippen molar-refractivity contribution >= 4 is 5.69 Å². The molecule has 0 saturated heterocycles. The Morgan fingerprint density at radius 2 is 1.95 bits per heavy atom. The Kier molecular flexibility index (Phi) is 3.92. The summed E-state index contributed by atoms with van der Waals surface area (Å²) in [5.41, 5.74) is 12.0. The van der Waals surface area contributed by atoms with Crippen LogP contribution >= 0.6 is 0 Å². The standard InChI is InChI=1S/C18H19N3O/c1-3-5-15-11-16(21-12(2)18(15)19)13-6-4-7-14(10-13)17-8-9-20-22-17/h4,6-11H,3,5,19H2,1-2H3. The largest absolute Gasteiger partial charge is 0.397 e. The molecule has 2 N–H and O–H groups in total. The Bertz CT molecular complexity index is 779. The van der Waals surface area contributed by atoms with Gasteiger partial charge >= 0.3 is 0 Å². The van der Waals surface area contributed by atoms with E-state index in [2.05, 4.69) is 29.2 Å². The molecule has 4 heteroatoms. The molecule has 1 aromatic carbocycles. The van der Waals surface area contributed by atoms with Crippen LogP contribution in [0.3, 0.4) is 0 Å². The fourth-order valence-corrected chi connectivity index (χ4v) is 2.57. The number of nitrogen functional groups attached to an aromatic ring is 1. The fraction of sp³-hybridized carbons (Fsp3) is 0.222. The third-order valence-corrected chi connectivity index (χ3v) is 3.73. The average Bonchev–Trinajstić information content (AvgIpc) is 3.06. The number of pyridine rings is 1. The highest BCUT2D eigenvalue weighted by Crippen LogP contribution is 2.28. The second kappa shape index (κ2) is 6.02. The van der Waals surface area contributed by atoms with Gasteiger partial charge in [0.1, 0.15) is 0 Å². The van der Waals surface area contributed by atoms with Crippen molar-refractivity contribution in [1.29, 1.82) is 0 Å². The minimum absolute atomic E-state index is 0.753. The van der Waals surface area contributed by atoms with E-state index in [1.807, 2.05) is 31.2 Å². The lowest BCUT2D eigenvalue weighted by Crippen LogP contribution is -2.01. The summed E-state index contributed by atoms with van der Waals surface area (Å²) in [6.07, 6.45) is 3.67. The quantitative estimate of drug-likeness (QED) is 0.781. The number of aryl methyl sites for hydroxylation is 2. The third-order valence-electron chi connectivity index (χ3n) is 3.73. The predicted octanol–water partition coefficient (Wildman–Crippen LogP) is 4.25. The van der Waals surface area contributed by atoms with Crippen molar-refractivity contribution in [2.75, 3.05) is 5.73 Å². The van der Waals surface area contributed by atoms with E-state index in [9.17, 15) is 0 Å². The summed E-state index contributed by atoms with van der Waals surface area (Å²) in [7, 11) is 0. The maximum atomic E-state index is 6.14. The Balaban J connectivity index is 2.06. The Morgan fingerprint density at radius 1 is 1.14 bits per heavy atom. The number of anilines is 1. The molecule has 3 aromatic rings. The predicted molar refractivity (Wildman–Crippen MR) is 88.3 cm³/mol. The minimum atomic E-state index is 0.753. The first-order valence-electron chi connectivity index (χ1n) is 7.46. The maximum absolute atomic E-state index is 6.14. The number of hydrogen-bond acceptors (Lipinski definition) is 4. The van der Waals surface area contributed by atoms with E-state index in [4.69, 9.17) is 10.3 Å². The highest BCUT2D eigenvalue weighted by Gasteiger charge is 2.10. The van der Waals surface area contributed by atoms with E-state index in [-0.39, 0.29) is 0 Å². The Hall–Kier alpha value is -2.62. The molecule has 0 fully saturated rings. The number of nitrogens with zero attached hydrogens (tertiary/aromatic N) is 2. The zero-order valence-corrected chi connectivity index (χ0v) is 12.8. The van der Waals surface area contributed by atoms with Crippen LogP contribution in [-0.4, -0.2) is 10.1 Å². The maximum Gasteiger partial charge on any atom is 0.166 e. The second-order valence-electron chi connectivity index (χ2n) is 5.37. The SMILES string of the molecule is CCCc1cc(-c2cccc(-c3ccno3)c2)nc(C)c1N. The van der Waals surface area contributed by atoms with Crippen molar-refractivity contribution < 1.29 is 4.52 Å². The van der Waals surface area contributed by atoms with Crippen LogP contribution in [0.2, 0.25) is 0 Å². The molecule has 0 amide bonds. The highest BCUT2D eigenvalue weighted by atomic mass is 16.5. The molecule has 4 nitrogen and oxygen atoms in total. The zero-order valence-electron chi connectivity index (χ0n) is 12.8. The van der Waals surface area contributed by atoms with Gasteiger partial charge in [-0.15, -0.1) is 0 Å². The lowest BCUT2D eigenvalue weighted by atomic mass is 10.0. The van der Waals surface area contributed by atoms with Gasteiger partial charge < -0.3 is 10.3 Å². The van der Waals surface area contributed by atoms with Gasteiger partial charge in [-0.2, -0.15) is 0 Å². The van der Waals surface area contributed by atoms with Crippen LogP contribution in [0, 0.1) is 6.92 Å². The van der Waals surface area contributed by atoms with Gasteiger partial charge in [0, 0.05) is 17.2 Å². The average molecular weight is 293 g/mol. The summed E-state index contributed by atoms with van der Waals surface area (Å²) in [4.78, 5) is 4.64. The van der Waals surface area contributed by atoms with Crippen LogP contribution in [0.1, 0.15) is 24.6 Å². The van der Waals surface area contributed by atoms with Gasteiger partial charge in [0.2, 0.25) is 0 Å². The zero-order chi connectivity index (χ0) is 15.5. The number of hydrogen-bond donors (Lipinski definition) is 1. The number of benzene rings is 1. The fourth-order valence-electron chi connectivity index (χ4n) is 2.57.